The highest BCUT2D eigenvalue weighted by Crippen LogP contribution is 2.30. The summed E-state index contributed by atoms with van der Waals surface area (Å²) in [5.74, 6) is -1.07. The number of carbonyl (C=O) groups is 1. The van der Waals surface area contributed by atoms with E-state index in [-0.39, 0.29) is 19.0 Å². The Kier molecular flexibility index (Phi) is 9.73. The minimum absolute atomic E-state index is 0.0284. The highest BCUT2D eigenvalue weighted by atomic mass is 32.2. The lowest BCUT2D eigenvalue weighted by Crippen LogP contribution is -3.10. The maximum absolute atomic E-state index is 10.7. The van der Waals surface area contributed by atoms with Crippen LogP contribution in [-0.2, 0) is 11.3 Å². The summed E-state index contributed by atoms with van der Waals surface area (Å²) in [6, 6.07) is 18.3. The van der Waals surface area contributed by atoms with Crippen LogP contribution in [0.3, 0.4) is 0 Å². The number of carboxylic acids is 1. The number of benzene rings is 2. The van der Waals surface area contributed by atoms with E-state index in [4.69, 9.17) is 10.2 Å². The van der Waals surface area contributed by atoms with E-state index in [1.807, 2.05) is 49.6 Å². The predicted octanol–water partition coefficient (Wildman–Crippen LogP) is 0.0173. The normalized spacial score (nSPS) is 10.8. The topological polar surface area (TPSA) is 90.0 Å². The molecule has 156 valence electrons. The van der Waals surface area contributed by atoms with Crippen LogP contribution in [0.5, 0.6) is 0 Å². The molecule has 0 saturated heterocycles. The van der Waals surface area contributed by atoms with Crippen LogP contribution in [0, 0.1) is 0 Å². The Balaban J connectivity index is 0.000000321. The Morgan fingerprint density at radius 2 is 1.66 bits per heavy atom. The number of nitrogens with one attached hydrogen (secondary N) is 1. The molecule has 1 heterocycles. The Morgan fingerprint density at radius 3 is 2.28 bits per heavy atom. The zero-order valence-electron chi connectivity index (χ0n) is 16.6. The number of quaternary nitrogens is 1. The standard InChI is InChI=1S/C17H15NO2S.C5H13NO2/c19-17(20)12-21-16-11-18(10-13-6-2-1-3-7-13)15-9-5-4-8-14(15)16;1-6(2-4-7)3-5-8/h1-9,11H,10,12H2,(H,19,20);7-8H,2-5H2,1H3. The number of nitrogens with zero attached hydrogens (tertiary/aromatic N) is 1. The van der Waals surface area contributed by atoms with Gasteiger partial charge < -0.3 is 29.6 Å². The number of aliphatic carboxylic acids is 1. The van der Waals surface area contributed by atoms with Crippen molar-refractivity contribution in [2.45, 2.75) is 11.4 Å². The number of carbonyl (C=O) groups excluding carboxylic acids is 1. The van der Waals surface area contributed by atoms with Gasteiger partial charge >= 0.3 is 0 Å². The van der Waals surface area contributed by atoms with Crippen LogP contribution in [-0.4, -0.2) is 59.9 Å². The van der Waals surface area contributed by atoms with E-state index in [0.717, 1.165) is 40.3 Å². The first-order valence-electron chi connectivity index (χ1n) is 9.52. The first-order chi connectivity index (χ1) is 14.0. The van der Waals surface area contributed by atoms with Crippen LogP contribution in [0.2, 0.25) is 0 Å². The third-order valence-electron chi connectivity index (χ3n) is 4.37. The van der Waals surface area contributed by atoms with Crippen molar-refractivity contribution >= 4 is 28.6 Å². The molecule has 0 unspecified atom stereocenters. The zero-order chi connectivity index (χ0) is 21.1. The van der Waals surface area contributed by atoms with Crippen molar-refractivity contribution in [3.05, 3.63) is 66.4 Å². The van der Waals surface area contributed by atoms with Gasteiger partial charge in [0.15, 0.2) is 0 Å². The van der Waals surface area contributed by atoms with Crippen molar-refractivity contribution in [2.24, 2.45) is 0 Å². The predicted molar refractivity (Wildman–Crippen MR) is 114 cm³/mol. The van der Waals surface area contributed by atoms with E-state index in [1.54, 1.807) is 0 Å². The number of rotatable bonds is 9. The summed E-state index contributed by atoms with van der Waals surface area (Å²) in [5.41, 5.74) is 2.33. The van der Waals surface area contributed by atoms with Gasteiger partial charge in [0.25, 0.3) is 0 Å². The molecule has 0 radical (unpaired) electrons. The molecule has 1 aromatic heterocycles. The number of carboxylic acid groups (broad SMARTS) is 1. The number of aliphatic hydroxyl groups excluding tert-OH is 2. The molecule has 3 aromatic rings. The molecule has 7 heteroatoms. The summed E-state index contributed by atoms with van der Waals surface area (Å²) in [5, 5.41) is 28.5. The van der Waals surface area contributed by atoms with Gasteiger partial charge in [-0.05, 0) is 11.6 Å². The number of hydrogen-bond acceptors (Lipinski definition) is 5. The van der Waals surface area contributed by atoms with Gasteiger partial charge in [0.2, 0.25) is 0 Å². The van der Waals surface area contributed by atoms with Gasteiger partial charge in [0, 0.05) is 34.3 Å². The minimum Gasteiger partial charge on any atom is -0.549 e. The number of fused-ring (bicyclic) bond motifs is 1. The summed E-state index contributed by atoms with van der Waals surface area (Å²) in [6.45, 7) is 2.62. The number of para-hydroxylation sites is 1. The van der Waals surface area contributed by atoms with Gasteiger partial charge in [-0.15, -0.1) is 11.8 Å². The molecule has 2 aromatic carbocycles. The summed E-state index contributed by atoms with van der Waals surface area (Å²) in [4.78, 5) is 12.8. The van der Waals surface area contributed by atoms with Crippen molar-refractivity contribution in [3.63, 3.8) is 0 Å². The van der Waals surface area contributed by atoms with Crippen molar-refractivity contribution in [3.8, 4) is 0 Å². The molecule has 6 nitrogen and oxygen atoms in total. The Bertz CT molecular complexity index is 877. The fourth-order valence-electron chi connectivity index (χ4n) is 2.88. The lowest BCUT2D eigenvalue weighted by molar-refractivity contribution is -0.880. The highest BCUT2D eigenvalue weighted by molar-refractivity contribution is 8.00. The molecule has 0 aliphatic rings. The molecule has 0 spiro atoms. The molecular formula is C22H28N2O4S. The van der Waals surface area contributed by atoms with Crippen molar-refractivity contribution < 1.29 is 25.0 Å². The molecule has 0 saturated carbocycles. The molecule has 3 rings (SSSR count). The Labute approximate surface area is 175 Å². The maximum atomic E-state index is 10.7. The fraction of sp³-hybridized carbons (Fsp3) is 0.318. The first kappa shape index (κ1) is 23.0. The molecular weight excluding hydrogens is 388 g/mol. The van der Waals surface area contributed by atoms with E-state index in [1.165, 1.54) is 17.3 Å². The Hall–Kier alpha value is -2.32. The largest absolute Gasteiger partial charge is 0.549 e. The van der Waals surface area contributed by atoms with Gasteiger partial charge in [-0.2, -0.15) is 0 Å². The third-order valence-corrected chi connectivity index (χ3v) is 5.39. The second-order valence-electron chi connectivity index (χ2n) is 6.69. The number of likely N-dealkylation sites (N-methyl/N-ethyl adjacent to an activating group) is 1. The van der Waals surface area contributed by atoms with Crippen LogP contribution < -0.4 is 10.0 Å². The molecule has 0 fully saturated rings. The van der Waals surface area contributed by atoms with Crippen LogP contribution in [0.15, 0.2) is 65.7 Å². The molecule has 3 N–H and O–H groups in total. The van der Waals surface area contributed by atoms with Gasteiger partial charge in [-0.25, -0.2) is 0 Å². The van der Waals surface area contributed by atoms with Crippen molar-refractivity contribution in [2.75, 3.05) is 39.1 Å². The molecule has 0 bridgehead atoms. The summed E-state index contributed by atoms with van der Waals surface area (Å²) >= 11 is 1.31. The minimum atomic E-state index is -1.04. The molecule has 0 atom stereocenters. The number of hydrogen-bond donors (Lipinski definition) is 3. The van der Waals surface area contributed by atoms with Crippen LogP contribution >= 0.6 is 11.8 Å². The van der Waals surface area contributed by atoms with Gasteiger partial charge in [-0.3, -0.25) is 0 Å². The molecule has 29 heavy (non-hydrogen) atoms. The smallest absolute Gasteiger partial charge is 0.100 e. The molecule has 0 amide bonds. The maximum Gasteiger partial charge on any atom is 0.100 e. The van der Waals surface area contributed by atoms with E-state index in [0.29, 0.717) is 0 Å². The van der Waals surface area contributed by atoms with E-state index >= 15 is 0 Å². The summed E-state index contributed by atoms with van der Waals surface area (Å²) in [7, 11) is 1.94. The zero-order valence-corrected chi connectivity index (χ0v) is 17.4. The first-order valence-corrected chi connectivity index (χ1v) is 10.5. The Morgan fingerprint density at radius 1 is 1.03 bits per heavy atom. The number of thioether (sulfide) groups is 1. The van der Waals surface area contributed by atoms with Gasteiger partial charge in [-0.1, -0.05) is 48.5 Å². The number of aliphatic hydroxyl groups is 2. The second-order valence-corrected chi connectivity index (χ2v) is 7.71. The lowest BCUT2D eigenvalue weighted by Gasteiger charge is -2.08. The second kappa shape index (κ2) is 12.3. The lowest BCUT2D eigenvalue weighted by atomic mass is 10.2. The fourth-order valence-corrected chi connectivity index (χ4v) is 3.69. The van der Waals surface area contributed by atoms with Crippen LogP contribution in [0.4, 0.5) is 0 Å². The van der Waals surface area contributed by atoms with E-state index in [2.05, 4.69) is 22.8 Å². The van der Waals surface area contributed by atoms with Crippen LogP contribution in [0.1, 0.15) is 5.56 Å². The van der Waals surface area contributed by atoms with E-state index < -0.39 is 5.97 Å². The van der Waals surface area contributed by atoms with Crippen LogP contribution in [0.25, 0.3) is 10.9 Å². The quantitative estimate of drug-likeness (QED) is 0.428. The van der Waals surface area contributed by atoms with Gasteiger partial charge in [0.05, 0.1) is 26.2 Å². The highest BCUT2D eigenvalue weighted by Gasteiger charge is 2.09. The monoisotopic (exact) mass is 416 g/mol. The third kappa shape index (κ3) is 7.55. The number of aromatic nitrogens is 1. The SMILES string of the molecule is C[NH+](CCO)CCO.O=C([O-])CSc1cn(Cc2ccccc2)c2ccccc12. The van der Waals surface area contributed by atoms with Crippen molar-refractivity contribution in [1.29, 1.82) is 0 Å². The van der Waals surface area contributed by atoms with Crippen molar-refractivity contribution in [1.82, 2.24) is 4.57 Å². The summed E-state index contributed by atoms with van der Waals surface area (Å²) < 4.78 is 2.16. The van der Waals surface area contributed by atoms with E-state index in [9.17, 15) is 9.90 Å². The van der Waals surface area contributed by atoms with Gasteiger partial charge in [0.1, 0.15) is 13.1 Å². The molecule has 0 aliphatic heterocycles. The average Bonchev–Trinajstić information content (AvgIpc) is 3.06. The molecule has 0 aliphatic carbocycles. The average molecular weight is 417 g/mol. The summed E-state index contributed by atoms with van der Waals surface area (Å²) in [6.07, 6.45) is 2.02.